The summed E-state index contributed by atoms with van der Waals surface area (Å²) < 4.78 is 22.3. The van der Waals surface area contributed by atoms with Gasteiger partial charge in [0, 0.05) is 38.1 Å². The van der Waals surface area contributed by atoms with E-state index in [2.05, 4.69) is 11.4 Å². The molecule has 1 fully saturated rings. The van der Waals surface area contributed by atoms with Crippen molar-refractivity contribution in [2.24, 2.45) is 0 Å². The van der Waals surface area contributed by atoms with Gasteiger partial charge in [0.25, 0.3) is 5.91 Å². The van der Waals surface area contributed by atoms with Gasteiger partial charge < -0.3 is 29.2 Å². The molecule has 2 aromatic carbocycles. The smallest absolute Gasteiger partial charge is 0.267 e. The maximum Gasteiger partial charge on any atom is 0.267 e. The number of carbonyl (C=O) groups is 2. The molecule has 1 unspecified atom stereocenters. The molecule has 174 valence electrons. The van der Waals surface area contributed by atoms with Gasteiger partial charge in [-0.15, -0.1) is 0 Å². The van der Waals surface area contributed by atoms with Crippen LogP contribution in [-0.4, -0.2) is 51.0 Å². The van der Waals surface area contributed by atoms with Gasteiger partial charge in [0.05, 0.1) is 5.69 Å². The lowest BCUT2D eigenvalue weighted by molar-refractivity contribution is -0.125. The van der Waals surface area contributed by atoms with E-state index < -0.39 is 6.10 Å². The summed E-state index contributed by atoms with van der Waals surface area (Å²) in [5.74, 6) is 1.92. The highest BCUT2D eigenvalue weighted by molar-refractivity contribution is 6.00. The summed E-state index contributed by atoms with van der Waals surface area (Å²) in [4.78, 5) is 27.1. The summed E-state index contributed by atoms with van der Waals surface area (Å²) in [6.45, 7) is 4.04. The van der Waals surface area contributed by atoms with Crippen LogP contribution in [0.15, 0.2) is 42.5 Å². The summed E-state index contributed by atoms with van der Waals surface area (Å²) in [6.07, 6.45) is 1.25. The standard InChI is InChI=1S/C25H28N2O6/c1-17-24(29)27(19-4-2-3-5-20(19)33-17)11-8-23(28)26-15-25(9-12-30-13-10-25)18-6-7-21-22(14-18)32-16-31-21/h2-7,14,17H,8-13,15-16H2,1H3,(H,26,28). The zero-order chi connectivity index (χ0) is 22.8. The van der Waals surface area contributed by atoms with E-state index in [1.54, 1.807) is 11.8 Å². The SMILES string of the molecule is CC1Oc2ccccc2N(CCC(=O)NCC2(c3ccc4c(c3)OCO4)CCOCC2)C1=O. The van der Waals surface area contributed by atoms with Crippen molar-refractivity contribution in [2.75, 3.05) is 38.0 Å². The van der Waals surface area contributed by atoms with Gasteiger partial charge in [0.15, 0.2) is 17.6 Å². The first-order valence-electron chi connectivity index (χ1n) is 11.4. The second kappa shape index (κ2) is 8.94. The number of rotatable bonds is 6. The normalized spacial score (nSPS) is 20.7. The van der Waals surface area contributed by atoms with Gasteiger partial charge in [0.1, 0.15) is 5.75 Å². The first-order valence-corrected chi connectivity index (χ1v) is 11.4. The number of hydrogen-bond donors (Lipinski definition) is 1. The van der Waals surface area contributed by atoms with Gasteiger partial charge in [0.2, 0.25) is 12.7 Å². The topological polar surface area (TPSA) is 86.3 Å². The highest BCUT2D eigenvalue weighted by Gasteiger charge is 2.36. The van der Waals surface area contributed by atoms with E-state index in [9.17, 15) is 9.59 Å². The second-order valence-electron chi connectivity index (χ2n) is 8.71. The van der Waals surface area contributed by atoms with Crippen molar-refractivity contribution in [1.29, 1.82) is 0 Å². The van der Waals surface area contributed by atoms with E-state index in [0.29, 0.717) is 37.7 Å². The molecule has 2 aromatic rings. The molecule has 1 saturated heterocycles. The molecular weight excluding hydrogens is 424 g/mol. The Morgan fingerprint density at radius 1 is 1.09 bits per heavy atom. The molecule has 0 aromatic heterocycles. The predicted molar refractivity (Wildman–Crippen MR) is 121 cm³/mol. The maximum absolute atomic E-state index is 12.8. The Bertz CT molecular complexity index is 1050. The van der Waals surface area contributed by atoms with Gasteiger partial charge in [-0.3, -0.25) is 9.59 Å². The Labute approximate surface area is 192 Å². The molecule has 2 amide bonds. The van der Waals surface area contributed by atoms with Crippen LogP contribution in [0, 0.1) is 0 Å². The fourth-order valence-electron chi connectivity index (χ4n) is 4.72. The van der Waals surface area contributed by atoms with Crippen LogP contribution in [0.3, 0.4) is 0 Å². The average molecular weight is 453 g/mol. The van der Waals surface area contributed by atoms with E-state index in [0.717, 1.165) is 29.9 Å². The van der Waals surface area contributed by atoms with Crippen molar-refractivity contribution < 1.29 is 28.5 Å². The number of para-hydroxylation sites is 2. The molecule has 0 radical (unpaired) electrons. The number of carbonyl (C=O) groups excluding carboxylic acids is 2. The van der Waals surface area contributed by atoms with E-state index in [1.807, 2.05) is 36.4 Å². The molecule has 0 saturated carbocycles. The Hall–Kier alpha value is -3.26. The molecule has 3 aliphatic heterocycles. The average Bonchev–Trinajstić information content (AvgIpc) is 3.32. The Balaban J connectivity index is 1.25. The third-order valence-electron chi connectivity index (χ3n) is 6.69. The molecule has 3 aliphatic rings. The summed E-state index contributed by atoms with van der Waals surface area (Å²) in [5, 5.41) is 3.11. The van der Waals surface area contributed by atoms with Gasteiger partial charge in [-0.25, -0.2) is 0 Å². The number of amides is 2. The van der Waals surface area contributed by atoms with E-state index in [1.165, 1.54) is 0 Å². The molecule has 0 spiro atoms. The Kier molecular flexibility index (Phi) is 5.85. The van der Waals surface area contributed by atoms with Crippen LogP contribution in [0.2, 0.25) is 0 Å². The van der Waals surface area contributed by atoms with E-state index in [4.69, 9.17) is 18.9 Å². The molecule has 0 bridgehead atoms. The lowest BCUT2D eigenvalue weighted by Gasteiger charge is -2.38. The van der Waals surface area contributed by atoms with Crippen LogP contribution in [0.1, 0.15) is 31.7 Å². The molecular formula is C25H28N2O6. The third kappa shape index (κ3) is 4.23. The quantitative estimate of drug-likeness (QED) is 0.726. The highest BCUT2D eigenvalue weighted by Crippen LogP contribution is 2.40. The minimum atomic E-state index is -0.570. The number of nitrogens with zero attached hydrogens (tertiary/aromatic N) is 1. The summed E-state index contributed by atoms with van der Waals surface area (Å²) >= 11 is 0. The van der Waals surface area contributed by atoms with Crippen LogP contribution in [0.5, 0.6) is 17.2 Å². The van der Waals surface area contributed by atoms with Crippen molar-refractivity contribution in [3.05, 3.63) is 48.0 Å². The fourth-order valence-corrected chi connectivity index (χ4v) is 4.72. The van der Waals surface area contributed by atoms with Crippen LogP contribution < -0.4 is 24.4 Å². The van der Waals surface area contributed by atoms with E-state index in [-0.39, 0.29) is 30.4 Å². The van der Waals surface area contributed by atoms with Gasteiger partial charge >= 0.3 is 0 Å². The van der Waals surface area contributed by atoms with Crippen LogP contribution in [-0.2, 0) is 19.7 Å². The fraction of sp³-hybridized carbons (Fsp3) is 0.440. The van der Waals surface area contributed by atoms with Gasteiger partial charge in [-0.2, -0.15) is 0 Å². The summed E-state index contributed by atoms with van der Waals surface area (Å²) in [5.41, 5.74) is 1.58. The molecule has 5 rings (SSSR count). The Morgan fingerprint density at radius 3 is 2.73 bits per heavy atom. The van der Waals surface area contributed by atoms with Crippen molar-refractivity contribution in [3.63, 3.8) is 0 Å². The zero-order valence-electron chi connectivity index (χ0n) is 18.7. The van der Waals surface area contributed by atoms with Crippen molar-refractivity contribution in [3.8, 4) is 17.2 Å². The van der Waals surface area contributed by atoms with Crippen LogP contribution in [0.25, 0.3) is 0 Å². The minimum Gasteiger partial charge on any atom is -0.479 e. The van der Waals surface area contributed by atoms with Crippen molar-refractivity contribution >= 4 is 17.5 Å². The monoisotopic (exact) mass is 452 g/mol. The number of fused-ring (bicyclic) bond motifs is 2. The number of nitrogens with one attached hydrogen (secondary N) is 1. The van der Waals surface area contributed by atoms with Crippen molar-refractivity contribution in [2.45, 2.75) is 37.7 Å². The molecule has 33 heavy (non-hydrogen) atoms. The molecule has 1 N–H and O–H groups in total. The molecule has 8 heteroatoms. The highest BCUT2D eigenvalue weighted by atomic mass is 16.7. The molecule has 3 heterocycles. The lowest BCUT2D eigenvalue weighted by Crippen LogP contribution is -2.47. The number of ether oxygens (including phenoxy) is 4. The summed E-state index contributed by atoms with van der Waals surface area (Å²) in [7, 11) is 0. The largest absolute Gasteiger partial charge is 0.479 e. The number of hydrogen-bond acceptors (Lipinski definition) is 6. The molecule has 1 atom stereocenters. The number of benzene rings is 2. The predicted octanol–water partition coefficient (Wildman–Crippen LogP) is 2.78. The third-order valence-corrected chi connectivity index (χ3v) is 6.69. The second-order valence-corrected chi connectivity index (χ2v) is 8.71. The number of anilines is 1. The lowest BCUT2D eigenvalue weighted by atomic mass is 9.74. The molecule has 0 aliphatic carbocycles. The first kappa shape index (κ1) is 21.6. The Morgan fingerprint density at radius 2 is 1.88 bits per heavy atom. The van der Waals surface area contributed by atoms with Gasteiger partial charge in [-0.05, 0) is 49.6 Å². The zero-order valence-corrected chi connectivity index (χ0v) is 18.7. The van der Waals surface area contributed by atoms with Crippen LogP contribution in [0.4, 0.5) is 5.69 Å². The van der Waals surface area contributed by atoms with E-state index >= 15 is 0 Å². The minimum absolute atomic E-state index is 0.0916. The summed E-state index contributed by atoms with van der Waals surface area (Å²) in [6, 6.07) is 13.4. The van der Waals surface area contributed by atoms with Crippen molar-refractivity contribution in [1.82, 2.24) is 5.32 Å². The van der Waals surface area contributed by atoms with Gasteiger partial charge in [-0.1, -0.05) is 18.2 Å². The van der Waals surface area contributed by atoms with Crippen LogP contribution >= 0.6 is 0 Å². The molecule has 8 nitrogen and oxygen atoms in total. The first-order chi connectivity index (χ1) is 16.1. The maximum atomic E-state index is 12.8.